The van der Waals surface area contributed by atoms with E-state index in [1.807, 2.05) is 0 Å². The van der Waals surface area contributed by atoms with Crippen LogP contribution in [-0.2, 0) is 17.8 Å². The lowest BCUT2D eigenvalue weighted by atomic mass is 9.80. The number of rotatable bonds is 5. The van der Waals surface area contributed by atoms with Gasteiger partial charge in [-0.15, -0.1) is 0 Å². The number of nitrogens with one attached hydrogen (secondary N) is 2. The Morgan fingerprint density at radius 3 is 2.88 bits per heavy atom. The van der Waals surface area contributed by atoms with Gasteiger partial charge >= 0.3 is 6.03 Å². The molecule has 2 N–H and O–H groups in total. The average molecular weight is 335 g/mol. The lowest BCUT2D eigenvalue weighted by molar-refractivity contribution is -0.126. The van der Waals surface area contributed by atoms with Crippen LogP contribution in [0.1, 0.15) is 45.3 Å². The van der Waals surface area contributed by atoms with Crippen LogP contribution in [0.2, 0.25) is 0 Å². The number of aromatic nitrogens is 2. The molecule has 1 aromatic rings. The molecule has 24 heavy (non-hydrogen) atoms. The van der Waals surface area contributed by atoms with E-state index in [2.05, 4.69) is 39.5 Å². The summed E-state index contributed by atoms with van der Waals surface area (Å²) >= 11 is 0. The molecule has 3 amide bonds. The van der Waals surface area contributed by atoms with Crippen LogP contribution in [0.3, 0.4) is 0 Å². The van der Waals surface area contributed by atoms with Crippen molar-refractivity contribution in [2.45, 2.75) is 52.1 Å². The third-order valence-electron chi connectivity index (χ3n) is 4.85. The number of urea groups is 1. The van der Waals surface area contributed by atoms with Gasteiger partial charge < -0.3 is 9.84 Å². The minimum Gasteiger partial charge on any atom is -0.339 e. The second-order valence-corrected chi connectivity index (χ2v) is 7.39. The Kier molecular flexibility index (Phi) is 4.58. The van der Waals surface area contributed by atoms with E-state index in [0.717, 1.165) is 32.4 Å². The van der Waals surface area contributed by atoms with E-state index < -0.39 is 11.6 Å². The molecule has 132 valence electrons. The fraction of sp³-hybridized carbons (Fsp3) is 0.750. The van der Waals surface area contributed by atoms with Crippen molar-refractivity contribution in [3.8, 4) is 0 Å². The van der Waals surface area contributed by atoms with E-state index in [0.29, 0.717) is 24.2 Å². The first-order chi connectivity index (χ1) is 11.4. The molecule has 1 aromatic heterocycles. The topological polar surface area (TPSA) is 100 Å². The highest BCUT2D eigenvalue weighted by Crippen LogP contribution is 2.30. The Bertz CT molecular complexity index is 629. The smallest absolute Gasteiger partial charge is 0.322 e. The van der Waals surface area contributed by atoms with Crippen LogP contribution in [0.4, 0.5) is 4.79 Å². The van der Waals surface area contributed by atoms with Crippen molar-refractivity contribution in [1.29, 1.82) is 0 Å². The highest BCUT2D eigenvalue weighted by atomic mass is 16.5. The van der Waals surface area contributed by atoms with E-state index in [1.165, 1.54) is 0 Å². The molecule has 2 aliphatic rings. The first kappa shape index (κ1) is 16.9. The molecular formula is C16H25N5O3. The molecule has 8 nitrogen and oxygen atoms in total. The molecule has 0 radical (unpaired) electrons. The van der Waals surface area contributed by atoms with Gasteiger partial charge in [0.05, 0.1) is 6.54 Å². The van der Waals surface area contributed by atoms with Gasteiger partial charge in [-0.05, 0) is 32.2 Å². The summed E-state index contributed by atoms with van der Waals surface area (Å²) in [4.78, 5) is 30.3. The lowest BCUT2D eigenvalue weighted by Gasteiger charge is -2.39. The number of imide groups is 1. The fourth-order valence-corrected chi connectivity index (χ4v) is 3.50. The quantitative estimate of drug-likeness (QED) is 0.781. The van der Waals surface area contributed by atoms with E-state index in [-0.39, 0.29) is 11.8 Å². The zero-order valence-electron chi connectivity index (χ0n) is 14.5. The maximum atomic E-state index is 12.1. The predicted molar refractivity (Wildman–Crippen MR) is 85.9 cm³/mol. The number of nitrogens with zero attached hydrogens (tertiary/aromatic N) is 3. The molecule has 0 unspecified atom stereocenters. The summed E-state index contributed by atoms with van der Waals surface area (Å²) in [6, 6.07) is -0.406. The molecule has 8 heteroatoms. The number of carbonyl (C=O) groups is 2. The van der Waals surface area contributed by atoms with E-state index in [4.69, 9.17) is 4.52 Å². The summed E-state index contributed by atoms with van der Waals surface area (Å²) in [6.07, 6.45) is 2.66. The van der Waals surface area contributed by atoms with E-state index in [9.17, 15) is 9.59 Å². The molecule has 0 aliphatic carbocycles. The minimum absolute atomic E-state index is 0.0692. The van der Waals surface area contributed by atoms with Crippen LogP contribution >= 0.6 is 0 Å². The summed E-state index contributed by atoms with van der Waals surface area (Å²) in [5.74, 6) is 1.65. The van der Waals surface area contributed by atoms with Gasteiger partial charge in [0.2, 0.25) is 5.89 Å². The number of likely N-dealkylation sites (tertiary alicyclic amines) is 1. The largest absolute Gasteiger partial charge is 0.339 e. The first-order valence-corrected chi connectivity index (χ1v) is 8.54. The second-order valence-electron chi connectivity index (χ2n) is 7.39. The van der Waals surface area contributed by atoms with Gasteiger partial charge in [-0.3, -0.25) is 15.0 Å². The predicted octanol–water partition coefficient (Wildman–Crippen LogP) is 1.08. The monoisotopic (exact) mass is 335 g/mol. The summed E-state index contributed by atoms with van der Waals surface area (Å²) in [6.45, 7) is 8.27. The Labute approximate surface area is 141 Å². The van der Waals surface area contributed by atoms with Crippen molar-refractivity contribution in [2.24, 2.45) is 11.8 Å². The number of hydrogen-bond donors (Lipinski definition) is 2. The van der Waals surface area contributed by atoms with Crippen LogP contribution in [0.5, 0.6) is 0 Å². The molecule has 2 fully saturated rings. The van der Waals surface area contributed by atoms with Crippen molar-refractivity contribution in [3.63, 3.8) is 0 Å². The molecular weight excluding hydrogens is 310 g/mol. The highest BCUT2D eigenvalue weighted by molar-refractivity contribution is 6.06. The molecule has 2 saturated heterocycles. The third kappa shape index (κ3) is 3.43. The van der Waals surface area contributed by atoms with Gasteiger partial charge in [0.1, 0.15) is 5.54 Å². The summed E-state index contributed by atoms with van der Waals surface area (Å²) in [7, 11) is 0. The molecule has 2 atom stereocenters. The average Bonchev–Trinajstić information content (AvgIpc) is 3.03. The molecule has 0 bridgehead atoms. The molecule has 3 rings (SSSR count). The molecule has 2 aliphatic heterocycles. The normalized spacial score (nSPS) is 28.2. The van der Waals surface area contributed by atoms with E-state index in [1.54, 1.807) is 6.92 Å². The van der Waals surface area contributed by atoms with Crippen LogP contribution in [0, 0.1) is 11.8 Å². The van der Waals surface area contributed by atoms with Gasteiger partial charge in [-0.1, -0.05) is 19.0 Å². The zero-order valence-corrected chi connectivity index (χ0v) is 14.5. The van der Waals surface area contributed by atoms with Crippen LogP contribution in [0.15, 0.2) is 4.52 Å². The summed E-state index contributed by atoms with van der Waals surface area (Å²) < 4.78 is 5.29. The standard InChI is InChI=1S/C16H25N5O3/c1-10(2)7-13-17-12(20-24-13)9-21-6-4-5-11(8-21)16(3)14(22)18-15(23)19-16/h10-11H,4-9H2,1-3H3,(H2,18,19,22,23)/t11-,16-/m0/s1. The number of amides is 3. The Hall–Kier alpha value is -1.96. The Morgan fingerprint density at radius 1 is 1.42 bits per heavy atom. The van der Waals surface area contributed by atoms with Gasteiger partial charge in [-0.25, -0.2) is 4.79 Å². The van der Waals surface area contributed by atoms with Crippen molar-refractivity contribution in [1.82, 2.24) is 25.7 Å². The fourth-order valence-electron chi connectivity index (χ4n) is 3.50. The van der Waals surface area contributed by atoms with Crippen LogP contribution in [0.25, 0.3) is 0 Å². The number of piperidine rings is 1. The maximum Gasteiger partial charge on any atom is 0.322 e. The van der Waals surface area contributed by atoms with Crippen LogP contribution in [-0.4, -0.2) is 45.6 Å². The second kappa shape index (κ2) is 6.51. The van der Waals surface area contributed by atoms with Gasteiger partial charge in [0.25, 0.3) is 5.91 Å². The number of hydrogen-bond acceptors (Lipinski definition) is 6. The molecule has 3 heterocycles. The molecule has 0 aromatic carbocycles. The third-order valence-corrected chi connectivity index (χ3v) is 4.85. The van der Waals surface area contributed by atoms with Gasteiger partial charge in [0.15, 0.2) is 5.82 Å². The Balaban J connectivity index is 1.62. The van der Waals surface area contributed by atoms with Crippen molar-refractivity contribution < 1.29 is 14.1 Å². The maximum absolute atomic E-state index is 12.1. The summed E-state index contributed by atoms with van der Waals surface area (Å²) in [5, 5.41) is 9.18. The SMILES string of the molecule is CC(C)Cc1nc(CN2CCC[C@H]([C@]3(C)NC(=O)NC3=O)C2)no1. The van der Waals surface area contributed by atoms with Gasteiger partial charge in [-0.2, -0.15) is 4.98 Å². The molecule has 0 spiro atoms. The van der Waals surface area contributed by atoms with Crippen molar-refractivity contribution >= 4 is 11.9 Å². The Morgan fingerprint density at radius 2 is 2.21 bits per heavy atom. The minimum atomic E-state index is -0.837. The lowest BCUT2D eigenvalue weighted by Crippen LogP contribution is -2.55. The summed E-state index contributed by atoms with van der Waals surface area (Å²) in [5.41, 5.74) is -0.837. The van der Waals surface area contributed by atoms with Crippen molar-refractivity contribution in [3.05, 3.63) is 11.7 Å². The number of carbonyl (C=O) groups excluding carboxylic acids is 2. The van der Waals surface area contributed by atoms with E-state index >= 15 is 0 Å². The van der Waals surface area contributed by atoms with Crippen LogP contribution < -0.4 is 10.6 Å². The van der Waals surface area contributed by atoms with Crippen molar-refractivity contribution in [2.75, 3.05) is 13.1 Å². The van der Waals surface area contributed by atoms with Gasteiger partial charge in [0, 0.05) is 18.9 Å². The highest BCUT2D eigenvalue weighted by Gasteiger charge is 2.48. The molecule has 0 saturated carbocycles. The zero-order chi connectivity index (χ0) is 17.3. The first-order valence-electron chi connectivity index (χ1n) is 8.54.